The van der Waals surface area contributed by atoms with Gasteiger partial charge in [0.15, 0.2) is 0 Å². The van der Waals surface area contributed by atoms with E-state index < -0.39 is 0 Å². The Labute approximate surface area is 188 Å². The molecule has 2 heterocycles. The average Bonchev–Trinajstić information content (AvgIpc) is 2.84. The Kier molecular flexibility index (Phi) is 6.66. The van der Waals surface area contributed by atoms with Gasteiger partial charge in [-0.3, -0.25) is 9.59 Å². The fourth-order valence-corrected chi connectivity index (χ4v) is 3.49. The van der Waals surface area contributed by atoms with E-state index in [2.05, 4.69) is 23.7 Å². The molecule has 32 heavy (non-hydrogen) atoms. The van der Waals surface area contributed by atoms with Crippen LogP contribution in [0, 0.1) is 23.7 Å². The van der Waals surface area contributed by atoms with Gasteiger partial charge in [-0.05, 0) is 47.2 Å². The zero-order valence-electron chi connectivity index (χ0n) is 17.6. The maximum absolute atomic E-state index is 13.1. The van der Waals surface area contributed by atoms with Gasteiger partial charge in [-0.25, -0.2) is 0 Å². The molecule has 2 aliphatic heterocycles. The quantitative estimate of drug-likeness (QED) is 0.601. The van der Waals surface area contributed by atoms with Gasteiger partial charge < -0.3 is 9.80 Å². The molecule has 2 bridgehead atoms. The summed E-state index contributed by atoms with van der Waals surface area (Å²) in [5.74, 6) is 11.4. The summed E-state index contributed by atoms with van der Waals surface area (Å²) in [4.78, 5) is 29.7. The summed E-state index contributed by atoms with van der Waals surface area (Å²) in [5, 5.41) is 0. The minimum atomic E-state index is -0.131. The second-order valence-electron chi connectivity index (χ2n) is 7.47. The number of rotatable bonds is 4. The lowest BCUT2D eigenvalue weighted by molar-refractivity contribution is 0.0754. The van der Waals surface area contributed by atoms with E-state index in [4.69, 9.17) is 0 Å². The van der Waals surface area contributed by atoms with E-state index in [1.165, 1.54) is 0 Å². The Balaban J connectivity index is 1.63. The fourth-order valence-electron chi connectivity index (χ4n) is 3.49. The first-order chi connectivity index (χ1) is 15.7. The van der Waals surface area contributed by atoms with Gasteiger partial charge in [0.05, 0.1) is 13.1 Å². The maximum atomic E-state index is 13.1. The van der Waals surface area contributed by atoms with Crippen LogP contribution in [0.5, 0.6) is 0 Å². The van der Waals surface area contributed by atoms with E-state index in [0.717, 1.165) is 11.1 Å². The summed E-state index contributed by atoms with van der Waals surface area (Å²) in [6.45, 7) is 1.45. The summed E-state index contributed by atoms with van der Waals surface area (Å²) >= 11 is 0. The van der Waals surface area contributed by atoms with Crippen molar-refractivity contribution in [1.29, 1.82) is 0 Å². The molecule has 4 nitrogen and oxygen atoms in total. The second kappa shape index (κ2) is 10.2. The molecule has 0 atom stereocenters. The van der Waals surface area contributed by atoms with Crippen LogP contribution in [-0.4, -0.2) is 34.7 Å². The molecule has 0 fully saturated rings. The molecule has 2 amide bonds. The molecular formula is C28H22N2O2. The van der Waals surface area contributed by atoms with Crippen molar-refractivity contribution in [2.45, 2.75) is 13.1 Å². The predicted octanol–water partition coefficient (Wildman–Crippen LogP) is 3.99. The van der Waals surface area contributed by atoms with Crippen molar-refractivity contribution in [3.05, 3.63) is 107 Å². The molecule has 0 spiro atoms. The van der Waals surface area contributed by atoms with Gasteiger partial charge in [0.25, 0.3) is 11.8 Å². The third kappa shape index (κ3) is 5.25. The van der Waals surface area contributed by atoms with Crippen molar-refractivity contribution in [3.8, 4) is 23.7 Å². The molecule has 0 aromatic heterocycles. The van der Waals surface area contributed by atoms with Crippen LogP contribution in [0.4, 0.5) is 0 Å². The highest BCUT2D eigenvalue weighted by Crippen LogP contribution is 2.14. The van der Waals surface area contributed by atoms with E-state index in [0.29, 0.717) is 24.2 Å². The normalized spacial score (nSPS) is 13.6. The SMILES string of the molecule is O=C1c2ccc(cc2)C(=O)N(Cc2ccccc2)CC#CC#CCN1Cc1ccccc1. The van der Waals surface area contributed by atoms with Crippen LogP contribution in [0.25, 0.3) is 0 Å². The standard InChI is InChI=1S/C28H22N2O2/c31-27-25-15-17-26(18-16-25)28(32)30(22-24-13-7-4-8-14-24)20-10-2-1-9-19-29(27)21-23-11-5-3-6-12-23/h3-8,11-18H,19-22H2. The highest BCUT2D eigenvalue weighted by molar-refractivity contribution is 5.98. The first-order valence-corrected chi connectivity index (χ1v) is 10.4. The topological polar surface area (TPSA) is 40.6 Å². The van der Waals surface area contributed by atoms with Crippen molar-refractivity contribution in [2.75, 3.05) is 13.1 Å². The molecular weight excluding hydrogens is 396 g/mol. The monoisotopic (exact) mass is 418 g/mol. The second-order valence-corrected chi connectivity index (χ2v) is 7.47. The highest BCUT2D eigenvalue weighted by atomic mass is 16.2. The number of hydrogen-bond acceptors (Lipinski definition) is 2. The van der Waals surface area contributed by atoms with Gasteiger partial charge in [-0.2, -0.15) is 0 Å². The fraction of sp³-hybridized carbons (Fsp3) is 0.143. The molecule has 2 aliphatic rings. The Morgan fingerprint density at radius 2 is 0.938 bits per heavy atom. The van der Waals surface area contributed by atoms with Crippen LogP contribution in [0.2, 0.25) is 0 Å². The van der Waals surface area contributed by atoms with Crippen LogP contribution < -0.4 is 0 Å². The van der Waals surface area contributed by atoms with Gasteiger partial charge in [0.1, 0.15) is 0 Å². The Bertz CT molecular complexity index is 1110. The van der Waals surface area contributed by atoms with Crippen molar-refractivity contribution in [1.82, 2.24) is 9.80 Å². The molecule has 0 aliphatic carbocycles. The summed E-state index contributed by atoms with van der Waals surface area (Å²) in [5.41, 5.74) is 3.10. The molecule has 0 unspecified atom stereocenters. The zero-order valence-corrected chi connectivity index (χ0v) is 17.6. The predicted molar refractivity (Wildman–Crippen MR) is 124 cm³/mol. The molecule has 0 radical (unpaired) electrons. The number of benzene rings is 3. The lowest BCUT2D eigenvalue weighted by Crippen LogP contribution is -2.32. The van der Waals surface area contributed by atoms with Crippen LogP contribution >= 0.6 is 0 Å². The lowest BCUT2D eigenvalue weighted by atomic mass is 10.1. The average molecular weight is 418 g/mol. The van der Waals surface area contributed by atoms with Gasteiger partial charge in [-0.1, -0.05) is 72.5 Å². The number of carbonyl (C=O) groups is 2. The van der Waals surface area contributed by atoms with E-state index in [-0.39, 0.29) is 24.9 Å². The van der Waals surface area contributed by atoms with E-state index >= 15 is 0 Å². The Hall–Kier alpha value is -4.28. The summed E-state index contributed by atoms with van der Waals surface area (Å²) in [6, 6.07) is 26.4. The number of hydrogen-bond donors (Lipinski definition) is 0. The molecule has 156 valence electrons. The molecule has 0 saturated carbocycles. The van der Waals surface area contributed by atoms with Crippen molar-refractivity contribution in [3.63, 3.8) is 0 Å². The van der Waals surface area contributed by atoms with Crippen LogP contribution in [0.1, 0.15) is 31.8 Å². The lowest BCUT2D eigenvalue weighted by Gasteiger charge is -2.22. The first-order valence-electron chi connectivity index (χ1n) is 10.4. The van der Waals surface area contributed by atoms with E-state index in [9.17, 15) is 9.59 Å². The summed E-state index contributed by atoms with van der Waals surface area (Å²) in [6.07, 6.45) is 0. The number of nitrogens with zero attached hydrogens (tertiary/aromatic N) is 2. The van der Waals surface area contributed by atoms with Crippen LogP contribution in [0.3, 0.4) is 0 Å². The molecule has 3 aromatic carbocycles. The third-order valence-electron chi connectivity index (χ3n) is 5.16. The van der Waals surface area contributed by atoms with Gasteiger partial charge in [0, 0.05) is 24.2 Å². The summed E-state index contributed by atoms with van der Waals surface area (Å²) in [7, 11) is 0. The Morgan fingerprint density at radius 1 is 0.562 bits per heavy atom. The minimum absolute atomic E-state index is 0.131. The maximum Gasteiger partial charge on any atom is 0.254 e. The van der Waals surface area contributed by atoms with E-state index in [1.54, 1.807) is 34.1 Å². The Morgan fingerprint density at radius 3 is 1.31 bits per heavy atom. The highest BCUT2D eigenvalue weighted by Gasteiger charge is 2.19. The largest absolute Gasteiger partial charge is 0.323 e. The van der Waals surface area contributed by atoms with Gasteiger partial charge in [-0.15, -0.1) is 0 Å². The zero-order chi connectivity index (χ0) is 22.2. The van der Waals surface area contributed by atoms with E-state index in [1.807, 2.05) is 60.7 Å². The number of fused-ring (bicyclic) bond motifs is 9. The molecule has 0 N–H and O–H groups in total. The van der Waals surface area contributed by atoms with Crippen LogP contribution in [0.15, 0.2) is 84.9 Å². The van der Waals surface area contributed by atoms with Gasteiger partial charge in [0.2, 0.25) is 0 Å². The molecule has 5 rings (SSSR count). The first kappa shape index (κ1) is 21.0. The number of amides is 2. The summed E-state index contributed by atoms with van der Waals surface area (Å²) < 4.78 is 0. The molecule has 0 saturated heterocycles. The van der Waals surface area contributed by atoms with Gasteiger partial charge >= 0.3 is 0 Å². The molecule has 3 aromatic rings. The smallest absolute Gasteiger partial charge is 0.254 e. The van der Waals surface area contributed by atoms with Crippen molar-refractivity contribution >= 4 is 11.8 Å². The van der Waals surface area contributed by atoms with Crippen molar-refractivity contribution in [2.24, 2.45) is 0 Å². The third-order valence-corrected chi connectivity index (χ3v) is 5.16. The molecule has 4 heteroatoms. The minimum Gasteiger partial charge on any atom is -0.323 e. The van der Waals surface area contributed by atoms with Crippen molar-refractivity contribution < 1.29 is 9.59 Å². The number of carbonyl (C=O) groups excluding carboxylic acids is 2. The van der Waals surface area contributed by atoms with Crippen LogP contribution in [-0.2, 0) is 13.1 Å².